The molecule has 1 heterocycles. The number of nitrogens with two attached hydrogens (primary N) is 1. The summed E-state index contributed by atoms with van der Waals surface area (Å²) in [5, 5.41) is 0. The lowest BCUT2D eigenvalue weighted by atomic mass is 9.98. The second-order valence-corrected chi connectivity index (χ2v) is 7.27. The van der Waals surface area contributed by atoms with Crippen molar-refractivity contribution in [1.29, 1.82) is 0 Å². The van der Waals surface area contributed by atoms with Crippen LogP contribution in [0.15, 0.2) is 48.5 Å². The predicted octanol–water partition coefficient (Wildman–Crippen LogP) is 3.15. The van der Waals surface area contributed by atoms with Gasteiger partial charge in [0.1, 0.15) is 11.5 Å². The number of aryl methyl sites for hydroxylation is 1. The van der Waals surface area contributed by atoms with Crippen molar-refractivity contribution in [2.45, 2.75) is 26.3 Å². The van der Waals surface area contributed by atoms with Gasteiger partial charge in [-0.15, -0.1) is 0 Å². The molecule has 5 nitrogen and oxygen atoms in total. The first-order valence-corrected chi connectivity index (χ1v) is 9.50. The first-order valence-electron chi connectivity index (χ1n) is 9.50. The van der Waals surface area contributed by atoms with Gasteiger partial charge in [-0.2, -0.15) is 0 Å². The molecule has 144 valence electrons. The number of carbonyl (C=O) groups excluding carboxylic acids is 1. The number of hydrogen-bond acceptors (Lipinski definition) is 4. The molecule has 1 unspecified atom stereocenters. The molecule has 0 aliphatic carbocycles. The molecule has 2 aromatic rings. The Labute approximate surface area is 161 Å². The summed E-state index contributed by atoms with van der Waals surface area (Å²) in [6.07, 6.45) is 2.38. The minimum atomic E-state index is -0.465. The van der Waals surface area contributed by atoms with E-state index in [1.807, 2.05) is 30.3 Å². The summed E-state index contributed by atoms with van der Waals surface area (Å²) in [5.41, 5.74) is 7.56. The minimum absolute atomic E-state index is 0.0917. The molecular weight excluding hydrogens is 340 g/mol. The van der Waals surface area contributed by atoms with E-state index in [0.29, 0.717) is 11.7 Å². The van der Waals surface area contributed by atoms with Crippen molar-refractivity contribution >= 4 is 5.91 Å². The Morgan fingerprint density at radius 3 is 2.74 bits per heavy atom. The van der Waals surface area contributed by atoms with Crippen LogP contribution in [0.1, 0.15) is 24.0 Å². The smallest absolute Gasteiger partial charge is 0.255 e. The normalized spacial score (nSPS) is 17.4. The molecular formula is C22H28N2O3. The van der Waals surface area contributed by atoms with E-state index in [9.17, 15) is 4.79 Å². The zero-order valence-electron chi connectivity index (χ0n) is 15.9. The Bertz CT molecular complexity index is 745. The van der Waals surface area contributed by atoms with Crippen molar-refractivity contribution in [3.8, 4) is 11.5 Å². The average molecular weight is 368 g/mol. The van der Waals surface area contributed by atoms with Crippen LogP contribution < -0.4 is 15.2 Å². The number of rotatable bonds is 8. The van der Waals surface area contributed by atoms with E-state index in [1.54, 1.807) is 0 Å². The van der Waals surface area contributed by atoms with E-state index in [1.165, 1.54) is 24.0 Å². The van der Waals surface area contributed by atoms with Crippen molar-refractivity contribution in [1.82, 2.24) is 4.90 Å². The first kappa shape index (κ1) is 19.2. The fraction of sp³-hybridized carbons (Fsp3) is 0.409. The number of carbonyl (C=O) groups is 1. The van der Waals surface area contributed by atoms with Crippen LogP contribution >= 0.6 is 0 Å². The SMILES string of the molecule is Cc1ccc(OCC2CCCN(Cc3cccc(OCC(N)=O)c3)C2)cc1. The van der Waals surface area contributed by atoms with Gasteiger partial charge < -0.3 is 15.2 Å². The molecule has 0 saturated carbocycles. The van der Waals surface area contributed by atoms with Crippen molar-refractivity contribution in [3.63, 3.8) is 0 Å². The summed E-state index contributed by atoms with van der Waals surface area (Å²) < 4.78 is 11.4. The molecule has 0 spiro atoms. The highest BCUT2D eigenvalue weighted by Gasteiger charge is 2.20. The van der Waals surface area contributed by atoms with E-state index in [0.717, 1.165) is 32.0 Å². The molecule has 1 aliphatic heterocycles. The molecule has 1 amide bonds. The zero-order chi connectivity index (χ0) is 19.1. The predicted molar refractivity (Wildman–Crippen MR) is 106 cm³/mol. The summed E-state index contributed by atoms with van der Waals surface area (Å²) in [6, 6.07) is 16.1. The van der Waals surface area contributed by atoms with Crippen LogP contribution in [0.4, 0.5) is 0 Å². The van der Waals surface area contributed by atoms with Crippen LogP contribution in [0.5, 0.6) is 11.5 Å². The minimum Gasteiger partial charge on any atom is -0.493 e. The summed E-state index contributed by atoms with van der Waals surface area (Å²) in [4.78, 5) is 13.3. The summed E-state index contributed by atoms with van der Waals surface area (Å²) in [6.45, 7) is 5.73. The topological polar surface area (TPSA) is 64.8 Å². The Kier molecular flexibility index (Phi) is 6.71. The summed E-state index contributed by atoms with van der Waals surface area (Å²) in [7, 11) is 0. The van der Waals surface area contributed by atoms with Crippen molar-refractivity contribution in [3.05, 3.63) is 59.7 Å². The number of nitrogens with zero attached hydrogens (tertiary/aromatic N) is 1. The third-order valence-corrected chi connectivity index (χ3v) is 4.80. The van der Waals surface area contributed by atoms with Crippen LogP contribution in [-0.4, -0.2) is 37.1 Å². The summed E-state index contributed by atoms with van der Waals surface area (Å²) >= 11 is 0. The van der Waals surface area contributed by atoms with E-state index >= 15 is 0 Å². The molecule has 1 saturated heterocycles. The molecule has 5 heteroatoms. The molecule has 27 heavy (non-hydrogen) atoms. The molecule has 1 aliphatic rings. The molecule has 0 bridgehead atoms. The number of hydrogen-bond donors (Lipinski definition) is 1. The Morgan fingerprint density at radius 2 is 1.96 bits per heavy atom. The maximum atomic E-state index is 10.9. The second kappa shape index (κ2) is 9.42. The van der Waals surface area contributed by atoms with Gasteiger partial charge in [-0.25, -0.2) is 0 Å². The van der Waals surface area contributed by atoms with Gasteiger partial charge in [-0.05, 0) is 56.1 Å². The molecule has 2 aromatic carbocycles. The monoisotopic (exact) mass is 368 g/mol. The summed E-state index contributed by atoms with van der Waals surface area (Å²) in [5.74, 6) is 1.70. The fourth-order valence-corrected chi connectivity index (χ4v) is 3.43. The lowest BCUT2D eigenvalue weighted by Gasteiger charge is -2.32. The van der Waals surface area contributed by atoms with Gasteiger partial charge in [0, 0.05) is 19.0 Å². The number of likely N-dealkylation sites (tertiary alicyclic amines) is 1. The molecule has 0 aromatic heterocycles. The van der Waals surface area contributed by atoms with E-state index in [-0.39, 0.29) is 6.61 Å². The molecule has 2 N–H and O–H groups in total. The van der Waals surface area contributed by atoms with Gasteiger partial charge in [-0.1, -0.05) is 29.8 Å². The quantitative estimate of drug-likeness (QED) is 0.777. The third-order valence-electron chi connectivity index (χ3n) is 4.80. The standard InChI is InChI=1S/C22H28N2O3/c1-17-7-9-20(10-8-17)26-15-19-5-3-11-24(14-19)13-18-4-2-6-21(12-18)27-16-22(23)25/h2,4,6-10,12,19H,3,5,11,13-16H2,1H3,(H2,23,25). The molecule has 1 fully saturated rings. The third kappa shape index (κ3) is 6.29. The van der Waals surface area contributed by atoms with Gasteiger partial charge in [0.2, 0.25) is 0 Å². The van der Waals surface area contributed by atoms with Crippen molar-refractivity contribution in [2.75, 3.05) is 26.3 Å². The maximum absolute atomic E-state index is 10.9. The van der Waals surface area contributed by atoms with Gasteiger partial charge >= 0.3 is 0 Å². The number of amides is 1. The Hall–Kier alpha value is -2.53. The average Bonchev–Trinajstić information content (AvgIpc) is 2.67. The largest absolute Gasteiger partial charge is 0.493 e. The van der Waals surface area contributed by atoms with E-state index in [2.05, 4.69) is 30.0 Å². The van der Waals surface area contributed by atoms with Crippen LogP contribution in [-0.2, 0) is 11.3 Å². The number of primary amides is 1. The highest BCUT2D eigenvalue weighted by Crippen LogP contribution is 2.22. The maximum Gasteiger partial charge on any atom is 0.255 e. The highest BCUT2D eigenvalue weighted by molar-refractivity contribution is 5.75. The second-order valence-electron chi connectivity index (χ2n) is 7.27. The molecule has 1 atom stereocenters. The number of piperidine rings is 1. The van der Waals surface area contributed by atoms with Crippen LogP contribution in [0.3, 0.4) is 0 Å². The van der Waals surface area contributed by atoms with Crippen LogP contribution in [0.2, 0.25) is 0 Å². The first-order chi connectivity index (χ1) is 13.1. The van der Waals surface area contributed by atoms with Crippen LogP contribution in [0, 0.1) is 12.8 Å². The molecule has 3 rings (SSSR count). The van der Waals surface area contributed by atoms with E-state index < -0.39 is 5.91 Å². The van der Waals surface area contributed by atoms with Gasteiger partial charge in [0.25, 0.3) is 5.91 Å². The highest BCUT2D eigenvalue weighted by atomic mass is 16.5. The van der Waals surface area contributed by atoms with Crippen molar-refractivity contribution < 1.29 is 14.3 Å². The zero-order valence-corrected chi connectivity index (χ0v) is 15.9. The fourth-order valence-electron chi connectivity index (χ4n) is 3.43. The Morgan fingerprint density at radius 1 is 1.15 bits per heavy atom. The lowest BCUT2D eigenvalue weighted by molar-refractivity contribution is -0.119. The van der Waals surface area contributed by atoms with Crippen LogP contribution in [0.25, 0.3) is 0 Å². The van der Waals surface area contributed by atoms with Gasteiger partial charge in [0.15, 0.2) is 6.61 Å². The van der Waals surface area contributed by atoms with Crippen molar-refractivity contribution in [2.24, 2.45) is 11.7 Å². The Balaban J connectivity index is 1.50. The van der Waals surface area contributed by atoms with E-state index in [4.69, 9.17) is 15.2 Å². The lowest BCUT2D eigenvalue weighted by Crippen LogP contribution is -2.37. The molecule has 0 radical (unpaired) electrons. The van der Waals surface area contributed by atoms with Gasteiger partial charge in [-0.3, -0.25) is 9.69 Å². The number of ether oxygens (including phenoxy) is 2. The van der Waals surface area contributed by atoms with Gasteiger partial charge in [0.05, 0.1) is 6.61 Å². The number of benzene rings is 2.